The number of aryl methyl sites for hydroxylation is 2. The number of benzene rings is 2. The van der Waals surface area contributed by atoms with Gasteiger partial charge in [0.05, 0.1) is 29.7 Å². The highest BCUT2D eigenvalue weighted by molar-refractivity contribution is 7.92. The van der Waals surface area contributed by atoms with Gasteiger partial charge in [-0.2, -0.15) is 0 Å². The van der Waals surface area contributed by atoms with Crippen LogP contribution in [0.2, 0.25) is 5.02 Å². The lowest BCUT2D eigenvalue weighted by molar-refractivity contribution is 0.565. The fourth-order valence-corrected chi connectivity index (χ4v) is 6.32. The molecule has 0 radical (unpaired) electrons. The van der Waals surface area contributed by atoms with E-state index < -0.39 is 10.0 Å². The lowest BCUT2D eigenvalue weighted by atomic mass is 9.96. The van der Waals surface area contributed by atoms with Crippen molar-refractivity contribution in [1.29, 1.82) is 0 Å². The summed E-state index contributed by atoms with van der Waals surface area (Å²) in [5.74, 6) is 0. The number of hydrogen-bond acceptors (Lipinski definition) is 4. The van der Waals surface area contributed by atoms with Crippen LogP contribution in [0.4, 0.5) is 11.4 Å². The van der Waals surface area contributed by atoms with Gasteiger partial charge in [-0.05, 0) is 98.7 Å². The van der Waals surface area contributed by atoms with Gasteiger partial charge >= 0.3 is 0 Å². The van der Waals surface area contributed by atoms with Crippen LogP contribution in [0.15, 0.2) is 72.9 Å². The first-order valence-electron chi connectivity index (χ1n) is 12.1. The maximum atomic E-state index is 11.8. The highest BCUT2D eigenvalue weighted by Crippen LogP contribution is 2.44. The van der Waals surface area contributed by atoms with Gasteiger partial charge in [0, 0.05) is 34.0 Å². The second-order valence-electron chi connectivity index (χ2n) is 9.51. The first kappa shape index (κ1) is 26.2. The molecular weight excluding hydrogens is 538 g/mol. The van der Waals surface area contributed by atoms with Gasteiger partial charge in [0.2, 0.25) is 10.0 Å². The molecule has 7 nitrogen and oxygen atoms in total. The average Bonchev–Trinajstić information content (AvgIpc) is 3.35. The molecule has 0 unspecified atom stereocenters. The zero-order valence-electron chi connectivity index (χ0n) is 21.4. The Morgan fingerprint density at radius 3 is 2.45 bits per heavy atom. The Kier molecular flexibility index (Phi) is 6.94. The van der Waals surface area contributed by atoms with Crippen LogP contribution >= 0.6 is 23.8 Å². The van der Waals surface area contributed by atoms with E-state index in [0.717, 1.165) is 45.8 Å². The molecule has 4 aromatic rings. The van der Waals surface area contributed by atoms with E-state index in [1.807, 2.05) is 61.5 Å². The average molecular weight is 566 g/mol. The van der Waals surface area contributed by atoms with Gasteiger partial charge in [-0.1, -0.05) is 23.7 Å². The largest absolute Gasteiger partial charge is 0.351 e. The molecule has 5 rings (SSSR count). The van der Waals surface area contributed by atoms with E-state index in [-0.39, 0.29) is 12.1 Å². The molecule has 0 amide bonds. The van der Waals surface area contributed by atoms with Crippen LogP contribution in [0.1, 0.15) is 40.3 Å². The molecule has 0 aliphatic carbocycles. The summed E-state index contributed by atoms with van der Waals surface area (Å²) in [6, 6.07) is 21.1. The minimum absolute atomic E-state index is 0.203. The predicted octanol–water partition coefficient (Wildman–Crippen LogP) is 6.00. The van der Waals surface area contributed by atoms with Gasteiger partial charge in [-0.25, -0.2) is 8.42 Å². The van der Waals surface area contributed by atoms with E-state index in [4.69, 9.17) is 23.8 Å². The molecule has 10 heteroatoms. The van der Waals surface area contributed by atoms with Crippen molar-refractivity contribution in [2.24, 2.45) is 0 Å². The molecule has 1 aliphatic heterocycles. The van der Waals surface area contributed by atoms with Crippen LogP contribution in [-0.4, -0.2) is 29.3 Å². The fourth-order valence-electron chi connectivity index (χ4n) is 5.16. The van der Waals surface area contributed by atoms with Gasteiger partial charge in [0.15, 0.2) is 5.11 Å². The lowest BCUT2D eigenvalue weighted by Crippen LogP contribution is -2.29. The molecule has 2 aromatic heterocycles. The van der Waals surface area contributed by atoms with Crippen LogP contribution in [-0.2, 0) is 10.0 Å². The Morgan fingerprint density at radius 1 is 1.00 bits per heavy atom. The first-order valence-corrected chi connectivity index (χ1v) is 14.7. The Balaban J connectivity index is 1.65. The third-order valence-electron chi connectivity index (χ3n) is 6.74. The van der Waals surface area contributed by atoms with Crippen LogP contribution in [0.5, 0.6) is 0 Å². The Labute approximate surface area is 233 Å². The zero-order chi connectivity index (χ0) is 27.2. The number of rotatable bonds is 6. The molecule has 196 valence electrons. The molecule has 0 spiro atoms. The quantitative estimate of drug-likeness (QED) is 0.279. The third kappa shape index (κ3) is 5.01. The van der Waals surface area contributed by atoms with E-state index in [1.54, 1.807) is 12.3 Å². The monoisotopic (exact) mass is 565 g/mol. The van der Waals surface area contributed by atoms with Crippen LogP contribution in [0.25, 0.3) is 5.69 Å². The summed E-state index contributed by atoms with van der Waals surface area (Å²) >= 11 is 12.2. The summed E-state index contributed by atoms with van der Waals surface area (Å²) < 4.78 is 28.4. The highest BCUT2D eigenvalue weighted by atomic mass is 35.5. The molecule has 1 aliphatic rings. The standard InChI is InChI=1S/C28H28ClN5O2S2/c1-17-14-22(11-12-24(17)32-38(4,35)36)34-27(26(31-28(34)37)25-10-5-6-13-30-25)23-15-18(2)33(19(23)3)21-9-7-8-20(29)16-21/h5-16,26-27,32H,1-4H3,(H,31,37)/t26-,27+/m1/s1. The van der Waals surface area contributed by atoms with E-state index in [1.165, 1.54) is 0 Å². The molecule has 2 N–H and O–H groups in total. The second-order valence-corrected chi connectivity index (χ2v) is 12.1. The number of nitrogens with zero attached hydrogens (tertiary/aromatic N) is 3. The van der Waals surface area contributed by atoms with Crippen LogP contribution in [0.3, 0.4) is 0 Å². The van der Waals surface area contributed by atoms with Crippen molar-refractivity contribution >= 4 is 50.3 Å². The number of hydrogen-bond donors (Lipinski definition) is 2. The minimum Gasteiger partial charge on any atom is -0.351 e. The fraction of sp³-hybridized carbons (Fsp3) is 0.214. The molecule has 2 aromatic carbocycles. The van der Waals surface area contributed by atoms with Crippen molar-refractivity contribution in [2.75, 3.05) is 15.9 Å². The molecule has 3 heterocycles. The number of nitrogens with one attached hydrogen (secondary N) is 2. The summed E-state index contributed by atoms with van der Waals surface area (Å²) in [6.07, 6.45) is 2.92. The van der Waals surface area contributed by atoms with Gasteiger partial charge in [-0.15, -0.1) is 0 Å². The summed E-state index contributed by atoms with van der Waals surface area (Å²) in [5.41, 5.74) is 7.28. The number of halogens is 1. The van der Waals surface area contributed by atoms with Crippen LogP contribution < -0.4 is 14.9 Å². The van der Waals surface area contributed by atoms with E-state index in [0.29, 0.717) is 15.8 Å². The maximum Gasteiger partial charge on any atom is 0.229 e. The Bertz CT molecular complexity index is 1640. The molecular formula is C28H28ClN5O2S2. The van der Waals surface area contributed by atoms with Crippen molar-refractivity contribution in [3.05, 3.63) is 106 Å². The molecule has 1 fully saturated rings. The van der Waals surface area contributed by atoms with Crippen molar-refractivity contribution in [2.45, 2.75) is 32.9 Å². The van der Waals surface area contributed by atoms with E-state index in [2.05, 4.69) is 44.4 Å². The number of thiocarbonyl (C=S) groups is 1. The number of aromatic nitrogens is 2. The SMILES string of the molecule is Cc1cc(N2C(=S)N[C@H](c3ccccn3)[C@@H]2c2cc(C)n(-c3cccc(Cl)c3)c2C)ccc1NS(C)(=O)=O. The van der Waals surface area contributed by atoms with Crippen molar-refractivity contribution in [3.63, 3.8) is 0 Å². The molecule has 0 saturated carbocycles. The van der Waals surface area contributed by atoms with Crippen molar-refractivity contribution in [1.82, 2.24) is 14.9 Å². The third-order valence-corrected chi connectivity index (χ3v) is 7.88. The van der Waals surface area contributed by atoms with Gasteiger partial charge in [-0.3, -0.25) is 9.71 Å². The summed E-state index contributed by atoms with van der Waals surface area (Å²) in [4.78, 5) is 6.74. The number of sulfonamides is 1. The molecule has 2 atom stereocenters. The minimum atomic E-state index is -3.40. The summed E-state index contributed by atoms with van der Waals surface area (Å²) in [6.45, 7) is 6.05. The predicted molar refractivity (Wildman–Crippen MR) is 158 cm³/mol. The highest BCUT2D eigenvalue weighted by Gasteiger charge is 2.42. The number of pyridine rings is 1. The normalized spacial score (nSPS) is 17.5. The lowest BCUT2D eigenvalue weighted by Gasteiger charge is -2.29. The maximum absolute atomic E-state index is 11.8. The first-order chi connectivity index (χ1) is 18.0. The Hall–Kier alpha value is -3.40. The molecule has 38 heavy (non-hydrogen) atoms. The molecule has 1 saturated heterocycles. The summed E-state index contributed by atoms with van der Waals surface area (Å²) in [5, 5.41) is 4.74. The van der Waals surface area contributed by atoms with E-state index in [9.17, 15) is 8.42 Å². The second kappa shape index (κ2) is 10.1. The number of anilines is 2. The zero-order valence-corrected chi connectivity index (χ0v) is 23.8. The topological polar surface area (TPSA) is 79.3 Å². The van der Waals surface area contributed by atoms with Gasteiger partial charge < -0.3 is 14.8 Å². The summed E-state index contributed by atoms with van der Waals surface area (Å²) in [7, 11) is -3.40. The van der Waals surface area contributed by atoms with Gasteiger partial charge in [0.25, 0.3) is 0 Å². The van der Waals surface area contributed by atoms with Crippen LogP contribution in [0, 0.1) is 20.8 Å². The molecule has 0 bridgehead atoms. The Morgan fingerprint density at radius 2 is 1.79 bits per heavy atom. The smallest absolute Gasteiger partial charge is 0.229 e. The van der Waals surface area contributed by atoms with Crippen molar-refractivity contribution < 1.29 is 8.42 Å². The van der Waals surface area contributed by atoms with Gasteiger partial charge in [0.1, 0.15) is 0 Å². The van der Waals surface area contributed by atoms with Crippen molar-refractivity contribution in [3.8, 4) is 5.69 Å². The van der Waals surface area contributed by atoms with E-state index >= 15 is 0 Å².